The van der Waals surface area contributed by atoms with Crippen molar-refractivity contribution in [3.63, 3.8) is 0 Å². The highest BCUT2D eigenvalue weighted by Gasteiger charge is 2.07. The van der Waals surface area contributed by atoms with Crippen molar-refractivity contribution >= 4 is 17.3 Å². The van der Waals surface area contributed by atoms with Gasteiger partial charge in [-0.2, -0.15) is 16.4 Å². The van der Waals surface area contributed by atoms with Crippen molar-refractivity contribution in [2.24, 2.45) is 4.99 Å². The Morgan fingerprint density at radius 1 is 1.00 bits per heavy atom. The van der Waals surface area contributed by atoms with E-state index in [4.69, 9.17) is 0 Å². The molecule has 0 unspecified atom stereocenters. The van der Waals surface area contributed by atoms with Gasteiger partial charge in [-0.25, -0.2) is 9.67 Å². The number of hydrogen-bond donors (Lipinski definition) is 2. The topological polar surface area (TPSA) is 67.1 Å². The van der Waals surface area contributed by atoms with Crippen LogP contribution in [0.4, 0.5) is 0 Å². The van der Waals surface area contributed by atoms with Gasteiger partial charge in [0.15, 0.2) is 5.96 Å². The molecular formula is C23H24N6S. The summed E-state index contributed by atoms with van der Waals surface area (Å²) in [7, 11) is 1.79. The number of guanidine groups is 1. The van der Waals surface area contributed by atoms with Crippen LogP contribution in [-0.2, 0) is 19.6 Å². The van der Waals surface area contributed by atoms with Crippen LogP contribution in [0, 0.1) is 0 Å². The lowest BCUT2D eigenvalue weighted by atomic mass is 9.98. The summed E-state index contributed by atoms with van der Waals surface area (Å²) in [5.41, 5.74) is 6.08. The fraction of sp³-hybridized carbons (Fsp3) is 0.174. The Labute approximate surface area is 180 Å². The maximum absolute atomic E-state index is 4.34. The number of nitrogens with one attached hydrogen (secondary N) is 2. The van der Waals surface area contributed by atoms with Gasteiger partial charge < -0.3 is 10.6 Å². The van der Waals surface area contributed by atoms with E-state index in [9.17, 15) is 0 Å². The third-order valence-corrected chi connectivity index (χ3v) is 5.54. The Bertz CT molecular complexity index is 1070. The third kappa shape index (κ3) is 5.12. The molecule has 0 amide bonds. The maximum atomic E-state index is 4.34. The second-order valence-electron chi connectivity index (χ2n) is 6.86. The first kappa shape index (κ1) is 19.8. The van der Waals surface area contributed by atoms with Crippen LogP contribution >= 0.6 is 11.3 Å². The molecule has 0 aliphatic heterocycles. The molecule has 0 saturated heterocycles. The van der Waals surface area contributed by atoms with Crippen LogP contribution in [0.5, 0.6) is 0 Å². The summed E-state index contributed by atoms with van der Waals surface area (Å²) in [5, 5.41) is 15.2. The Morgan fingerprint density at radius 2 is 1.83 bits per heavy atom. The number of aliphatic imine (C=N–C) groups is 1. The summed E-state index contributed by atoms with van der Waals surface area (Å²) < 4.78 is 1.82. The van der Waals surface area contributed by atoms with Gasteiger partial charge in [-0.1, -0.05) is 48.5 Å². The van der Waals surface area contributed by atoms with Gasteiger partial charge in [-0.15, -0.1) is 0 Å². The van der Waals surface area contributed by atoms with E-state index in [1.54, 1.807) is 31.0 Å². The average Bonchev–Trinajstić information content (AvgIpc) is 3.49. The zero-order valence-corrected chi connectivity index (χ0v) is 17.6. The molecule has 152 valence electrons. The normalized spacial score (nSPS) is 11.4. The zero-order chi connectivity index (χ0) is 20.6. The Balaban J connectivity index is 1.41. The second-order valence-corrected chi connectivity index (χ2v) is 7.64. The molecule has 0 atom stereocenters. The highest BCUT2D eigenvalue weighted by molar-refractivity contribution is 7.07. The van der Waals surface area contributed by atoms with Gasteiger partial charge in [0.2, 0.25) is 0 Å². The molecule has 0 bridgehead atoms. The van der Waals surface area contributed by atoms with Gasteiger partial charge in [-0.05, 0) is 44.6 Å². The van der Waals surface area contributed by atoms with Gasteiger partial charge in [0, 0.05) is 20.1 Å². The van der Waals surface area contributed by atoms with E-state index in [0.29, 0.717) is 6.54 Å². The van der Waals surface area contributed by atoms with Crippen LogP contribution in [0.2, 0.25) is 0 Å². The highest BCUT2D eigenvalue weighted by atomic mass is 32.1. The zero-order valence-electron chi connectivity index (χ0n) is 16.8. The SMILES string of the molecule is CN=C(NCc1ccsc1)NCc1ccccc1-c1ccc(Cn2cncn2)cc1. The van der Waals surface area contributed by atoms with Crippen LogP contribution in [0.3, 0.4) is 0 Å². The van der Waals surface area contributed by atoms with Gasteiger partial charge in [0.05, 0.1) is 6.54 Å². The summed E-state index contributed by atoms with van der Waals surface area (Å²) in [5.74, 6) is 0.791. The van der Waals surface area contributed by atoms with Crippen molar-refractivity contribution in [2.75, 3.05) is 7.05 Å². The molecule has 0 spiro atoms. The monoisotopic (exact) mass is 416 g/mol. The molecule has 0 fully saturated rings. The molecule has 4 rings (SSSR count). The molecule has 7 heteroatoms. The van der Waals surface area contributed by atoms with Crippen molar-refractivity contribution in [2.45, 2.75) is 19.6 Å². The predicted octanol–water partition coefficient (Wildman–Crippen LogP) is 3.92. The lowest BCUT2D eigenvalue weighted by Crippen LogP contribution is -2.36. The molecule has 2 N–H and O–H groups in total. The first-order chi connectivity index (χ1) is 14.8. The van der Waals surface area contributed by atoms with Gasteiger partial charge in [-0.3, -0.25) is 4.99 Å². The van der Waals surface area contributed by atoms with E-state index in [1.807, 2.05) is 4.68 Å². The number of rotatable bonds is 7. The van der Waals surface area contributed by atoms with Crippen molar-refractivity contribution in [3.05, 3.63) is 94.7 Å². The van der Waals surface area contributed by atoms with E-state index < -0.39 is 0 Å². The Kier molecular flexibility index (Phi) is 6.51. The molecule has 30 heavy (non-hydrogen) atoms. The quantitative estimate of drug-likeness (QED) is 0.354. The summed E-state index contributed by atoms with van der Waals surface area (Å²) in [6, 6.07) is 19.2. The smallest absolute Gasteiger partial charge is 0.191 e. The van der Waals surface area contributed by atoms with Crippen LogP contribution in [0.1, 0.15) is 16.7 Å². The fourth-order valence-corrected chi connectivity index (χ4v) is 3.89. The van der Waals surface area contributed by atoms with Crippen LogP contribution in [-0.4, -0.2) is 27.8 Å². The summed E-state index contributed by atoms with van der Waals surface area (Å²) in [6.45, 7) is 2.17. The summed E-state index contributed by atoms with van der Waals surface area (Å²) in [4.78, 5) is 8.33. The van der Waals surface area contributed by atoms with Crippen LogP contribution < -0.4 is 10.6 Å². The van der Waals surface area contributed by atoms with Crippen molar-refractivity contribution in [1.82, 2.24) is 25.4 Å². The molecule has 0 aliphatic carbocycles. The standard InChI is InChI=1S/C23H24N6S/c1-24-23(26-12-19-10-11-30-15-19)27-13-21-4-2-3-5-22(21)20-8-6-18(7-9-20)14-29-17-25-16-28-29/h2-11,15-17H,12-14H2,1H3,(H2,24,26,27). The van der Waals surface area contributed by atoms with E-state index in [-0.39, 0.29) is 0 Å². The lowest BCUT2D eigenvalue weighted by molar-refractivity contribution is 0.685. The molecule has 6 nitrogen and oxygen atoms in total. The molecule has 2 heterocycles. The van der Waals surface area contributed by atoms with Crippen LogP contribution in [0.25, 0.3) is 11.1 Å². The number of benzene rings is 2. The first-order valence-corrected chi connectivity index (χ1v) is 10.7. The largest absolute Gasteiger partial charge is 0.352 e. The minimum atomic E-state index is 0.695. The second kappa shape index (κ2) is 9.84. The van der Waals surface area contributed by atoms with E-state index in [2.05, 4.69) is 91.1 Å². The molecule has 2 aromatic heterocycles. The molecule has 0 radical (unpaired) electrons. The predicted molar refractivity (Wildman–Crippen MR) is 122 cm³/mol. The first-order valence-electron chi connectivity index (χ1n) is 9.77. The molecule has 0 saturated carbocycles. The van der Waals surface area contributed by atoms with Crippen molar-refractivity contribution < 1.29 is 0 Å². The van der Waals surface area contributed by atoms with Gasteiger partial charge >= 0.3 is 0 Å². The minimum Gasteiger partial charge on any atom is -0.352 e. The number of hydrogen-bond acceptors (Lipinski definition) is 4. The summed E-state index contributed by atoms with van der Waals surface area (Å²) in [6.07, 6.45) is 3.29. The Hall–Kier alpha value is -3.45. The van der Waals surface area contributed by atoms with Crippen molar-refractivity contribution in [1.29, 1.82) is 0 Å². The fourth-order valence-electron chi connectivity index (χ4n) is 3.23. The number of aromatic nitrogens is 3. The Morgan fingerprint density at radius 3 is 2.57 bits per heavy atom. The molecule has 4 aromatic rings. The van der Waals surface area contributed by atoms with E-state index in [0.717, 1.165) is 19.0 Å². The molecular weight excluding hydrogens is 392 g/mol. The van der Waals surface area contributed by atoms with E-state index >= 15 is 0 Å². The maximum Gasteiger partial charge on any atom is 0.191 e. The third-order valence-electron chi connectivity index (χ3n) is 4.80. The minimum absolute atomic E-state index is 0.695. The van der Waals surface area contributed by atoms with Gasteiger partial charge in [0.25, 0.3) is 0 Å². The average molecular weight is 417 g/mol. The van der Waals surface area contributed by atoms with Gasteiger partial charge in [0.1, 0.15) is 12.7 Å². The molecule has 2 aromatic carbocycles. The van der Waals surface area contributed by atoms with Crippen LogP contribution in [0.15, 0.2) is 83.0 Å². The number of nitrogens with zero attached hydrogens (tertiary/aromatic N) is 4. The number of thiophene rings is 1. The van der Waals surface area contributed by atoms with Crippen molar-refractivity contribution in [3.8, 4) is 11.1 Å². The summed E-state index contributed by atoms with van der Waals surface area (Å²) >= 11 is 1.70. The molecule has 0 aliphatic rings. The van der Waals surface area contributed by atoms with E-state index in [1.165, 1.54) is 27.8 Å². The highest BCUT2D eigenvalue weighted by Crippen LogP contribution is 2.24. The lowest BCUT2D eigenvalue weighted by Gasteiger charge is -2.14.